The van der Waals surface area contributed by atoms with Gasteiger partial charge in [0.1, 0.15) is 0 Å². The van der Waals surface area contributed by atoms with E-state index < -0.39 is 0 Å². The summed E-state index contributed by atoms with van der Waals surface area (Å²) in [6.45, 7) is 5.53. The van der Waals surface area contributed by atoms with Gasteiger partial charge < -0.3 is 10.2 Å². The molecule has 0 bridgehead atoms. The highest BCUT2D eigenvalue weighted by molar-refractivity contribution is 5.95. The molecule has 8 nitrogen and oxygen atoms in total. The summed E-state index contributed by atoms with van der Waals surface area (Å²) in [6, 6.07) is -0.176. The molecule has 4 amide bonds. The highest BCUT2D eigenvalue weighted by atomic mass is 16.2. The van der Waals surface area contributed by atoms with Crippen molar-refractivity contribution in [1.29, 1.82) is 0 Å². The van der Waals surface area contributed by atoms with Crippen LogP contribution in [0, 0.1) is 0 Å². The number of carbonyl (C=O) groups is 3. The van der Waals surface area contributed by atoms with Crippen molar-refractivity contribution in [1.82, 2.24) is 25.3 Å². The number of imide groups is 1. The molecule has 152 valence electrons. The van der Waals surface area contributed by atoms with Crippen LogP contribution in [0.1, 0.15) is 44.9 Å². The van der Waals surface area contributed by atoms with Crippen LogP contribution in [-0.2, 0) is 9.59 Å². The number of urea groups is 1. The molecule has 0 unspecified atom stereocenters. The van der Waals surface area contributed by atoms with Crippen LogP contribution in [0.3, 0.4) is 0 Å². The van der Waals surface area contributed by atoms with E-state index in [0.717, 1.165) is 77.8 Å². The Kier molecular flexibility index (Phi) is 7.46. The van der Waals surface area contributed by atoms with Gasteiger partial charge in [-0.3, -0.25) is 24.7 Å². The van der Waals surface area contributed by atoms with Gasteiger partial charge in [-0.05, 0) is 25.7 Å². The van der Waals surface area contributed by atoms with Crippen LogP contribution in [0.2, 0.25) is 0 Å². The molecule has 0 radical (unpaired) electrons. The summed E-state index contributed by atoms with van der Waals surface area (Å²) in [5.41, 5.74) is 0. The van der Waals surface area contributed by atoms with Crippen molar-refractivity contribution in [3.05, 3.63) is 0 Å². The lowest BCUT2D eigenvalue weighted by Crippen LogP contribution is -2.53. The Morgan fingerprint density at radius 3 is 1.96 bits per heavy atom. The summed E-state index contributed by atoms with van der Waals surface area (Å²) in [5.74, 6) is -0.0389. The zero-order valence-corrected chi connectivity index (χ0v) is 16.3. The van der Waals surface area contributed by atoms with Crippen molar-refractivity contribution in [2.45, 2.75) is 51.0 Å². The van der Waals surface area contributed by atoms with E-state index in [2.05, 4.69) is 15.5 Å². The highest BCUT2D eigenvalue weighted by Gasteiger charge is 2.24. The molecule has 0 spiro atoms. The number of hydrogen-bond acceptors (Lipinski definition) is 5. The molecule has 2 N–H and O–H groups in total. The molecule has 3 rings (SSSR count). The minimum atomic E-state index is -0.373. The van der Waals surface area contributed by atoms with Crippen molar-refractivity contribution >= 4 is 17.8 Å². The van der Waals surface area contributed by atoms with Crippen molar-refractivity contribution < 1.29 is 14.4 Å². The summed E-state index contributed by atoms with van der Waals surface area (Å²) in [6.07, 6.45) is 7.74. The molecule has 0 aromatic heterocycles. The van der Waals surface area contributed by atoms with Gasteiger partial charge in [-0.25, -0.2) is 4.79 Å². The molecule has 3 fully saturated rings. The number of likely N-dealkylation sites (tertiary alicyclic amines) is 1. The molecule has 0 atom stereocenters. The standard InChI is InChI=1S/C19H33N5O3/c25-17(21-19(27)20-16-6-2-1-3-7-16)14-22-10-12-23(13-11-22)15-18(26)24-8-4-5-9-24/h16H,1-15H2,(H2,20,21,25,27). The average Bonchev–Trinajstić information content (AvgIpc) is 3.19. The Balaban J connectivity index is 1.30. The van der Waals surface area contributed by atoms with Gasteiger partial charge in [-0.1, -0.05) is 19.3 Å². The van der Waals surface area contributed by atoms with Crippen molar-refractivity contribution in [2.24, 2.45) is 0 Å². The third-order valence-electron chi connectivity index (χ3n) is 5.84. The third kappa shape index (κ3) is 6.46. The van der Waals surface area contributed by atoms with E-state index in [1.165, 1.54) is 6.42 Å². The van der Waals surface area contributed by atoms with Crippen molar-refractivity contribution in [2.75, 3.05) is 52.4 Å². The van der Waals surface area contributed by atoms with Crippen LogP contribution in [-0.4, -0.2) is 90.9 Å². The molecule has 27 heavy (non-hydrogen) atoms. The van der Waals surface area contributed by atoms with Crippen molar-refractivity contribution in [3.8, 4) is 0 Å². The van der Waals surface area contributed by atoms with E-state index in [1.807, 2.05) is 9.80 Å². The monoisotopic (exact) mass is 379 g/mol. The fourth-order valence-electron chi connectivity index (χ4n) is 4.20. The molecule has 2 aliphatic heterocycles. The quantitative estimate of drug-likeness (QED) is 0.722. The molecule has 8 heteroatoms. The first-order valence-corrected chi connectivity index (χ1v) is 10.4. The summed E-state index contributed by atoms with van der Waals surface area (Å²) in [7, 11) is 0. The van der Waals surface area contributed by atoms with Gasteiger partial charge in [0.05, 0.1) is 13.1 Å². The lowest BCUT2D eigenvalue weighted by Gasteiger charge is -2.34. The number of hydrogen-bond donors (Lipinski definition) is 2. The predicted molar refractivity (Wildman–Crippen MR) is 102 cm³/mol. The first-order chi connectivity index (χ1) is 13.1. The van der Waals surface area contributed by atoms with Gasteiger partial charge in [0.25, 0.3) is 0 Å². The van der Waals surface area contributed by atoms with Gasteiger partial charge in [0.15, 0.2) is 0 Å². The lowest BCUT2D eigenvalue weighted by molar-refractivity contribution is -0.132. The van der Waals surface area contributed by atoms with Crippen molar-refractivity contribution in [3.63, 3.8) is 0 Å². The van der Waals surface area contributed by atoms with Crippen LogP contribution in [0.15, 0.2) is 0 Å². The summed E-state index contributed by atoms with van der Waals surface area (Å²) < 4.78 is 0. The maximum atomic E-state index is 12.2. The Bertz CT molecular complexity index is 521. The first-order valence-electron chi connectivity index (χ1n) is 10.4. The van der Waals surface area contributed by atoms with E-state index in [1.54, 1.807) is 0 Å². The van der Waals surface area contributed by atoms with Gasteiger partial charge >= 0.3 is 6.03 Å². The second kappa shape index (κ2) is 10.0. The van der Waals surface area contributed by atoms with E-state index in [-0.39, 0.29) is 30.4 Å². The average molecular weight is 380 g/mol. The summed E-state index contributed by atoms with van der Waals surface area (Å²) in [5, 5.41) is 5.35. The normalized spacial score (nSPS) is 22.6. The van der Waals surface area contributed by atoms with Gasteiger partial charge in [-0.15, -0.1) is 0 Å². The Labute approximate surface area is 161 Å². The molecular weight excluding hydrogens is 346 g/mol. The fourth-order valence-corrected chi connectivity index (χ4v) is 4.20. The SMILES string of the molecule is O=C(CN1CCN(CC(=O)N2CCCC2)CC1)NC(=O)NC1CCCCC1. The number of piperazine rings is 1. The summed E-state index contributed by atoms with van der Waals surface area (Å²) >= 11 is 0. The third-order valence-corrected chi connectivity index (χ3v) is 5.84. The number of nitrogens with zero attached hydrogens (tertiary/aromatic N) is 3. The fraction of sp³-hybridized carbons (Fsp3) is 0.842. The zero-order valence-electron chi connectivity index (χ0n) is 16.3. The topological polar surface area (TPSA) is 85.0 Å². The molecule has 3 aliphatic rings. The number of amides is 4. The van der Waals surface area contributed by atoms with Crippen LogP contribution in [0.5, 0.6) is 0 Å². The second-order valence-corrected chi connectivity index (χ2v) is 8.00. The highest BCUT2D eigenvalue weighted by Crippen LogP contribution is 2.17. The predicted octanol–water partition coefficient (Wildman–Crippen LogP) is 0.385. The first kappa shape index (κ1) is 20.1. The van der Waals surface area contributed by atoms with Crippen LogP contribution in [0.4, 0.5) is 4.79 Å². The van der Waals surface area contributed by atoms with E-state index in [4.69, 9.17) is 0 Å². The molecular formula is C19H33N5O3. The lowest BCUT2D eigenvalue weighted by atomic mass is 9.96. The molecule has 2 saturated heterocycles. The Morgan fingerprint density at radius 1 is 0.741 bits per heavy atom. The smallest absolute Gasteiger partial charge is 0.321 e. The zero-order chi connectivity index (χ0) is 19.1. The van der Waals surface area contributed by atoms with E-state index in [0.29, 0.717) is 6.54 Å². The second-order valence-electron chi connectivity index (χ2n) is 8.00. The number of nitrogens with one attached hydrogen (secondary N) is 2. The molecule has 1 aliphatic carbocycles. The Hall–Kier alpha value is -1.67. The van der Waals surface area contributed by atoms with E-state index in [9.17, 15) is 14.4 Å². The van der Waals surface area contributed by atoms with Crippen LogP contribution >= 0.6 is 0 Å². The van der Waals surface area contributed by atoms with Gasteiger partial charge in [0.2, 0.25) is 11.8 Å². The molecule has 0 aromatic rings. The van der Waals surface area contributed by atoms with E-state index >= 15 is 0 Å². The maximum Gasteiger partial charge on any atom is 0.321 e. The minimum absolute atomic E-state index is 0.197. The van der Waals surface area contributed by atoms with Gasteiger partial charge in [0, 0.05) is 45.3 Å². The molecule has 0 aromatic carbocycles. The van der Waals surface area contributed by atoms with Crippen LogP contribution < -0.4 is 10.6 Å². The number of carbonyl (C=O) groups excluding carboxylic acids is 3. The maximum absolute atomic E-state index is 12.2. The number of rotatable bonds is 5. The van der Waals surface area contributed by atoms with Crippen LogP contribution in [0.25, 0.3) is 0 Å². The Morgan fingerprint density at radius 2 is 1.33 bits per heavy atom. The molecule has 1 saturated carbocycles. The minimum Gasteiger partial charge on any atom is -0.342 e. The molecule has 2 heterocycles. The van der Waals surface area contributed by atoms with Gasteiger partial charge in [-0.2, -0.15) is 0 Å². The summed E-state index contributed by atoms with van der Waals surface area (Å²) in [4.78, 5) is 42.4. The largest absolute Gasteiger partial charge is 0.342 e.